The Bertz CT molecular complexity index is 1020. The smallest absolute Gasteiger partial charge is 0.266 e. The van der Waals surface area contributed by atoms with E-state index in [1.165, 1.54) is 10.4 Å². The summed E-state index contributed by atoms with van der Waals surface area (Å²) in [5.74, 6) is 1.77. The molecule has 1 aliphatic rings. The minimum atomic E-state index is -0.0903. The minimum Gasteiger partial charge on any atom is -0.368 e. The van der Waals surface area contributed by atoms with Gasteiger partial charge in [-0.1, -0.05) is 0 Å². The summed E-state index contributed by atoms with van der Waals surface area (Å²) >= 11 is 0. The molecule has 140 valence electrons. The normalized spacial score (nSPS) is 14.6. The van der Waals surface area contributed by atoms with E-state index in [4.69, 9.17) is 0 Å². The van der Waals surface area contributed by atoms with Gasteiger partial charge in [-0.2, -0.15) is 5.10 Å². The van der Waals surface area contributed by atoms with Gasteiger partial charge in [0.1, 0.15) is 18.0 Å². The Morgan fingerprint density at radius 1 is 0.963 bits per heavy atom. The van der Waals surface area contributed by atoms with Crippen LogP contribution in [0.1, 0.15) is 0 Å². The van der Waals surface area contributed by atoms with Gasteiger partial charge in [-0.3, -0.25) is 4.79 Å². The number of aryl methyl sites for hydroxylation is 1. The van der Waals surface area contributed by atoms with Crippen molar-refractivity contribution in [3.63, 3.8) is 0 Å². The first-order chi connectivity index (χ1) is 13.0. The van der Waals surface area contributed by atoms with Gasteiger partial charge in [0, 0.05) is 64.5 Å². The molecule has 0 bridgehead atoms. The van der Waals surface area contributed by atoms with E-state index in [2.05, 4.69) is 43.1 Å². The second-order valence-electron chi connectivity index (χ2n) is 6.92. The lowest BCUT2D eigenvalue weighted by Crippen LogP contribution is -2.47. The topological polar surface area (TPSA) is 70.4 Å². The summed E-state index contributed by atoms with van der Waals surface area (Å²) < 4.78 is 1.38. The molecule has 0 saturated carbocycles. The zero-order chi connectivity index (χ0) is 19.0. The highest BCUT2D eigenvalue weighted by Crippen LogP contribution is 2.27. The van der Waals surface area contributed by atoms with Crippen LogP contribution in [0.25, 0.3) is 10.9 Å². The number of fused-ring (bicyclic) bond motifs is 1. The van der Waals surface area contributed by atoms with Crippen LogP contribution in [-0.4, -0.2) is 60.0 Å². The van der Waals surface area contributed by atoms with E-state index < -0.39 is 0 Å². The molecule has 1 aliphatic heterocycles. The third-order valence-electron chi connectivity index (χ3n) is 4.94. The van der Waals surface area contributed by atoms with Gasteiger partial charge in [0.25, 0.3) is 5.56 Å². The molecule has 0 unspecified atom stereocenters. The molecule has 0 aliphatic carbocycles. The third-order valence-corrected chi connectivity index (χ3v) is 4.94. The van der Waals surface area contributed by atoms with Gasteiger partial charge in [0.15, 0.2) is 0 Å². The molecule has 4 rings (SSSR count). The number of rotatable bonds is 3. The summed E-state index contributed by atoms with van der Waals surface area (Å²) in [6.07, 6.45) is 1.61. The van der Waals surface area contributed by atoms with Crippen molar-refractivity contribution < 1.29 is 0 Å². The van der Waals surface area contributed by atoms with E-state index in [9.17, 15) is 4.79 Å². The van der Waals surface area contributed by atoms with E-state index in [1.54, 1.807) is 25.5 Å². The van der Waals surface area contributed by atoms with Crippen molar-refractivity contribution in [2.45, 2.75) is 0 Å². The maximum atomic E-state index is 11.5. The maximum absolute atomic E-state index is 11.5. The highest BCUT2D eigenvalue weighted by molar-refractivity contribution is 5.91. The van der Waals surface area contributed by atoms with Crippen LogP contribution in [-0.2, 0) is 7.05 Å². The number of nitrogens with zero attached hydrogens (tertiary/aromatic N) is 7. The SMILES string of the molecule is CN(C)c1ncnc2ccc(N3CCN(c4ccc(=O)n(C)n4)CC3)cc12. The summed E-state index contributed by atoms with van der Waals surface area (Å²) in [5.41, 5.74) is 2.03. The number of hydrogen-bond donors (Lipinski definition) is 0. The zero-order valence-electron chi connectivity index (χ0n) is 15.8. The molecule has 1 saturated heterocycles. The molecule has 0 N–H and O–H groups in total. The molecule has 1 aromatic carbocycles. The molecule has 8 heteroatoms. The molecule has 3 aromatic rings. The summed E-state index contributed by atoms with van der Waals surface area (Å²) in [6, 6.07) is 9.72. The second kappa shape index (κ2) is 6.86. The number of benzene rings is 1. The molecule has 8 nitrogen and oxygen atoms in total. The fraction of sp³-hybridized carbons (Fsp3) is 0.368. The van der Waals surface area contributed by atoms with E-state index in [-0.39, 0.29) is 5.56 Å². The predicted molar refractivity (Wildman–Crippen MR) is 108 cm³/mol. The average molecular weight is 365 g/mol. The number of aromatic nitrogens is 4. The molecular weight excluding hydrogens is 342 g/mol. The van der Waals surface area contributed by atoms with Gasteiger partial charge < -0.3 is 14.7 Å². The Hall–Kier alpha value is -3.16. The first kappa shape index (κ1) is 17.3. The number of hydrogen-bond acceptors (Lipinski definition) is 7. The van der Waals surface area contributed by atoms with Crippen molar-refractivity contribution in [1.29, 1.82) is 0 Å². The van der Waals surface area contributed by atoms with Crippen molar-refractivity contribution >= 4 is 28.2 Å². The Morgan fingerprint density at radius 2 is 1.70 bits per heavy atom. The van der Waals surface area contributed by atoms with Crippen LogP contribution < -0.4 is 20.3 Å². The van der Waals surface area contributed by atoms with Gasteiger partial charge in [-0.15, -0.1) is 0 Å². The average Bonchev–Trinajstić information content (AvgIpc) is 2.69. The van der Waals surface area contributed by atoms with Gasteiger partial charge in [-0.25, -0.2) is 14.6 Å². The molecule has 2 aromatic heterocycles. The van der Waals surface area contributed by atoms with Crippen LogP contribution in [0.5, 0.6) is 0 Å². The lowest BCUT2D eigenvalue weighted by atomic mass is 10.1. The van der Waals surface area contributed by atoms with E-state index >= 15 is 0 Å². The lowest BCUT2D eigenvalue weighted by Gasteiger charge is -2.36. The Kier molecular flexibility index (Phi) is 4.39. The summed E-state index contributed by atoms with van der Waals surface area (Å²) in [6.45, 7) is 3.49. The monoisotopic (exact) mass is 365 g/mol. The standard InChI is InChI=1S/C19H23N7O/c1-23(2)19-15-12-14(4-5-16(15)20-13-21-19)25-8-10-26(11-9-25)17-6-7-18(27)24(3)22-17/h4-7,12-13H,8-11H2,1-3H3. The van der Waals surface area contributed by atoms with Gasteiger partial charge in [0.05, 0.1) is 5.52 Å². The molecular formula is C19H23N7O. The molecule has 1 fully saturated rings. The fourth-order valence-electron chi connectivity index (χ4n) is 3.44. The van der Waals surface area contributed by atoms with Gasteiger partial charge >= 0.3 is 0 Å². The van der Waals surface area contributed by atoms with Crippen LogP contribution in [0.4, 0.5) is 17.3 Å². The van der Waals surface area contributed by atoms with Crippen molar-refractivity contribution in [3.05, 3.63) is 47.0 Å². The molecule has 0 amide bonds. The molecule has 0 atom stereocenters. The zero-order valence-corrected chi connectivity index (χ0v) is 15.8. The van der Waals surface area contributed by atoms with Crippen molar-refractivity contribution in [2.75, 3.05) is 55.0 Å². The highest BCUT2D eigenvalue weighted by Gasteiger charge is 2.19. The van der Waals surface area contributed by atoms with Gasteiger partial charge in [-0.05, 0) is 24.3 Å². The Morgan fingerprint density at radius 3 is 2.41 bits per heavy atom. The van der Waals surface area contributed by atoms with Crippen LogP contribution >= 0.6 is 0 Å². The summed E-state index contributed by atoms with van der Waals surface area (Å²) in [7, 11) is 5.67. The first-order valence-electron chi connectivity index (χ1n) is 8.99. The minimum absolute atomic E-state index is 0.0903. The van der Waals surface area contributed by atoms with Crippen LogP contribution in [0, 0.1) is 0 Å². The van der Waals surface area contributed by atoms with Crippen LogP contribution in [0.15, 0.2) is 41.5 Å². The van der Waals surface area contributed by atoms with Gasteiger partial charge in [0.2, 0.25) is 0 Å². The maximum Gasteiger partial charge on any atom is 0.266 e. The van der Waals surface area contributed by atoms with E-state index in [0.29, 0.717) is 0 Å². The number of piperazine rings is 1. The molecule has 3 heterocycles. The molecule has 0 radical (unpaired) electrons. The second-order valence-corrected chi connectivity index (χ2v) is 6.92. The number of anilines is 3. The largest absolute Gasteiger partial charge is 0.368 e. The van der Waals surface area contributed by atoms with Crippen LogP contribution in [0.2, 0.25) is 0 Å². The van der Waals surface area contributed by atoms with Crippen molar-refractivity contribution in [2.24, 2.45) is 7.05 Å². The summed E-state index contributed by atoms with van der Waals surface area (Å²) in [4.78, 5) is 26.9. The van der Waals surface area contributed by atoms with Crippen LogP contribution in [0.3, 0.4) is 0 Å². The predicted octanol–water partition coefficient (Wildman–Crippen LogP) is 1.12. The van der Waals surface area contributed by atoms with E-state index in [0.717, 1.165) is 48.7 Å². The Labute approximate surface area is 157 Å². The lowest BCUT2D eigenvalue weighted by molar-refractivity contribution is 0.623. The summed E-state index contributed by atoms with van der Waals surface area (Å²) in [5, 5.41) is 5.41. The molecule has 0 spiro atoms. The van der Waals surface area contributed by atoms with E-state index in [1.807, 2.05) is 19.0 Å². The highest BCUT2D eigenvalue weighted by atomic mass is 16.1. The fourth-order valence-corrected chi connectivity index (χ4v) is 3.44. The Balaban J connectivity index is 1.55. The van der Waals surface area contributed by atoms with Crippen molar-refractivity contribution in [3.8, 4) is 0 Å². The van der Waals surface area contributed by atoms with Crippen molar-refractivity contribution in [1.82, 2.24) is 19.7 Å². The quantitative estimate of drug-likeness (QED) is 0.689. The first-order valence-corrected chi connectivity index (χ1v) is 8.99. The molecule has 27 heavy (non-hydrogen) atoms. The third kappa shape index (κ3) is 3.30.